The number of Topliss-reactive ketones (excluding diaryl/α,β-unsaturated/α-hetero) is 1. The Hall–Kier alpha value is -3.59. The highest BCUT2D eigenvalue weighted by molar-refractivity contribution is 5.95. The lowest BCUT2D eigenvalue weighted by Gasteiger charge is -2.35. The molecule has 0 fully saturated rings. The molecule has 0 aliphatic carbocycles. The first-order chi connectivity index (χ1) is 13.3. The average Bonchev–Trinajstić information content (AvgIpc) is 2.67. The fourth-order valence-corrected chi connectivity index (χ4v) is 3.29. The number of nitrogens with one attached hydrogen (secondary N) is 2. The number of nitro benzene ring substituents is 2. The van der Waals surface area contributed by atoms with Crippen molar-refractivity contribution >= 4 is 17.2 Å². The molecule has 0 aromatic heterocycles. The third kappa shape index (κ3) is 3.74. The second kappa shape index (κ2) is 7.57. The summed E-state index contributed by atoms with van der Waals surface area (Å²) >= 11 is 0. The maximum Gasteiger partial charge on any atom is 0.269 e. The largest absolute Gasteiger partial charge is 0.369 e. The van der Waals surface area contributed by atoms with Crippen LogP contribution in [0, 0.1) is 20.2 Å². The third-order valence-electron chi connectivity index (χ3n) is 4.64. The predicted molar refractivity (Wildman–Crippen MR) is 101 cm³/mol. The SMILES string of the molecule is CC(=O)C1=C(C)N[C@H](c2ccc([N+](=O)[O-])cc2)N[C@@H]1c1ccc([N+](=O)[O-])cc1. The Morgan fingerprint density at radius 2 is 1.36 bits per heavy atom. The fraction of sp³-hybridized carbons (Fsp3) is 0.211. The molecule has 1 heterocycles. The minimum Gasteiger partial charge on any atom is -0.369 e. The van der Waals surface area contributed by atoms with Crippen LogP contribution < -0.4 is 10.6 Å². The molecule has 2 N–H and O–H groups in total. The molecule has 0 bridgehead atoms. The second-order valence-electron chi connectivity index (χ2n) is 6.47. The van der Waals surface area contributed by atoms with Crippen LogP contribution >= 0.6 is 0 Å². The quantitative estimate of drug-likeness (QED) is 0.600. The Balaban J connectivity index is 1.97. The van der Waals surface area contributed by atoms with E-state index in [-0.39, 0.29) is 23.3 Å². The molecule has 9 nitrogen and oxygen atoms in total. The molecular formula is C19H18N4O5. The zero-order valence-corrected chi connectivity index (χ0v) is 15.2. The van der Waals surface area contributed by atoms with Crippen molar-refractivity contribution in [2.75, 3.05) is 0 Å². The number of nitrogens with zero attached hydrogens (tertiary/aromatic N) is 2. The van der Waals surface area contributed by atoms with E-state index in [1.807, 2.05) is 0 Å². The van der Waals surface area contributed by atoms with Crippen molar-refractivity contribution in [3.63, 3.8) is 0 Å². The predicted octanol–water partition coefficient (Wildman–Crippen LogP) is 3.30. The van der Waals surface area contributed by atoms with Gasteiger partial charge in [-0.2, -0.15) is 0 Å². The summed E-state index contributed by atoms with van der Waals surface area (Å²) in [6.07, 6.45) is -0.385. The van der Waals surface area contributed by atoms with Gasteiger partial charge in [0, 0.05) is 35.5 Å². The van der Waals surface area contributed by atoms with Crippen molar-refractivity contribution in [1.82, 2.24) is 10.6 Å². The smallest absolute Gasteiger partial charge is 0.269 e. The zero-order chi connectivity index (χ0) is 20.4. The Kier molecular flexibility index (Phi) is 5.18. The van der Waals surface area contributed by atoms with Crippen LogP contribution in [0.4, 0.5) is 11.4 Å². The van der Waals surface area contributed by atoms with Crippen LogP contribution in [0.1, 0.15) is 37.2 Å². The van der Waals surface area contributed by atoms with Gasteiger partial charge >= 0.3 is 0 Å². The van der Waals surface area contributed by atoms with Crippen LogP contribution in [0.3, 0.4) is 0 Å². The van der Waals surface area contributed by atoms with E-state index in [0.717, 1.165) is 5.56 Å². The molecule has 9 heteroatoms. The number of carbonyl (C=O) groups is 1. The lowest BCUT2D eigenvalue weighted by molar-refractivity contribution is -0.385. The normalized spacial score (nSPS) is 19.1. The Bertz CT molecular complexity index is 967. The monoisotopic (exact) mass is 382 g/mol. The number of nitro groups is 2. The minimum absolute atomic E-state index is 0.0110. The van der Waals surface area contributed by atoms with E-state index < -0.39 is 15.9 Å². The van der Waals surface area contributed by atoms with Gasteiger partial charge in [0.25, 0.3) is 11.4 Å². The number of rotatable bonds is 5. The van der Waals surface area contributed by atoms with Gasteiger partial charge in [-0.1, -0.05) is 12.1 Å². The molecular weight excluding hydrogens is 364 g/mol. The van der Waals surface area contributed by atoms with Gasteiger partial charge in [-0.25, -0.2) is 0 Å². The highest BCUT2D eigenvalue weighted by Crippen LogP contribution is 2.33. The van der Waals surface area contributed by atoms with Gasteiger partial charge < -0.3 is 5.32 Å². The second-order valence-corrected chi connectivity index (χ2v) is 6.47. The zero-order valence-electron chi connectivity index (χ0n) is 15.2. The number of allylic oxidation sites excluding steroid dienone is 1. The lowest BCUT2D eigenvalue weighted by atomic mass is 9.91. The molecule has 0 unspecified atom stereocenters. The maximum absolute atomic E-state index is 12.2. The number of hydrogen-bond donors (Lipinski definition) is 2. The van der Waals surface area contributed by atoms with E-state index in [9.17, 15) is 25.0 Å². The number of non-ortho nitro benzene ring substituents is 2. The van der Waals surface area contributed by atoms with Gasteiger partial charge in [-0.05, 0) is 37.1 Å². The fourth-order valence-electron chi connectivity index (χ4n) is 3.29. The molecule has 2 aromatic carbocycles. The van der Waals surface area contributed by atoms with Crippen molar-refractivity contribution in [3.8, 4) is 0 Å². The molecule has 3 rings (SSSR count). The molecule has 0 spiro atoms. The summed E-state index contributed by atoms with van der Waals surface area (Å²) in [6, 6.07) is 11.7. The van der Waals surface area contributed by atoms with Crippen molar-refractivity contribution < 1.29 is 14.6 Å². The Labute approximate surface area is 160 Å². The lowest BCUT2D eigenvalue weighted by Crippen LogP contribution is -2.43. The van der Waals surface area contributed by atoms with Crippen LogP contribution in [0.15, 0.2) is 59.8 Å². The van der Waals surface area contributed by atoms with E-state index in [1.54, 1.807) is 31.2 Å². The molecule has 2 atom stereocenters. The first kappa shape index (κ1) is 19.2. The summed E-state index contributed by atoms with van der Waals surface area (Å²) in [5, 5.41) is 28.3. The minimum atomic E-state index is -0.480. The Morgan fingerprint density at radius 3 is 1.79 bits per heavy atom. The number of carbonyl (C=O) groups excluding carboxylic acids is 1. The molecule has 0 radical (unpaired) electrons. The summed E-state index contributed by atoms with van der Waals surface area (Å²) in [7, 11) is 0. The maximum atomic E-state index is 12.2. The summed E-state index contributed by atoms with van der Waals surface area (Å²) in [6.45, 7) is 3.25. The molecule has 2 aromatic rings. The summed E-state index contributed by atoms with van der Waals surface area (Å²) in [4.78, 5) is 33.0. The van der Waals surface area contributed by atoms with E-state index in [0.29, 0.717) is 16.8 Å². The molecule has 1 aliphatic rings. The Morgan fingerprint density at radius 1 is 0.893 bits per heavy atom. The first-order valence-electron chi connectivity index (χ1n) is 8.51. The summed E-state index contributed by atoms with van der Waals surface area (Å²) in [5.41, 5.74) is 2.64. The van der Waals surface area contributed by atoms with Crippen molar-refractivity contribution in [2.24, 2.45) is 0 Å². The third-order valence-corrected chi connectivity index (χ3v) is 4.64. The average molecular weight is 382 g/mol. The van der Waals surface area contributed by atoms with E-state index in [1.165, 1.54) is 31.2 Å². The topological polar surface area (TPSA) is 127 Å². The van der Waals surface area contributed by atoms with E-state index in [4.69, 9.17) is 0 Å². The molecule has 0 saturated heterocycles. The highest BCUT2D eigenvalue weighted by atomic mass is 16.6. The molecule has 1 aliphatic heterocycles. The van der Waals surface area contributed by atoms with Crippen LogP contribution in [0.5, 0.6) is 0 Å². The van der Waals surface area contributed by atoms with E-state index >= 15 is 0 Å². The molecule has 0 saturated carbocycles. The summed E-state index contributed by atoms with van der Waals surface area (Å²) < 4.78 is 0. The van der Waals surface area contributed by atoms with Crippen LogP contribution in [-0.4, -0.2) is 15.6 Å². The van der Waals surface area contributed by atoms with Gasteiger partial charge in [-0.15, -0.1) is 0 Å². The highest BCUT2D eigenvalue weighted by Gasteiger charge is 2.31. The van der Waals surface area contributed by atoms with Gasteiger partial charge in [0.15, 0.2) is 5.78 Å². The van der Waals surface area contributed by atoms with Gasteiger partial charge in [-0.3, -0.25) is 30.3 Å². The number of hydrogen-bond acceptors (Lipinski definition) is 7. The molecule has 28 heavy (non-hydrogen) atoms. The first-order valence-corrected chi connectivity index (χ1v) is 8.51. The van der Waals surface area contributed by atoms with Crippen molar-refractivity contribution in [2.45, 2.75) is 26.1 Å². The van der Waals surface area contributed by atoms with E-state index in [2.05, 4.69) is 10.6 Å². The van der Waals surface area contributed by atoms with Crippen LogP contribution in [0.25, 0.3) is 0 Å². The van der Waals surface area contributed by atoms with Gasteiger partial charge in [0.05, 0.1) is 15.9 Å². The van der Waals surface area contributed by atoms with Crippen LogP contribution in [0.2, 0.25) is 0 Å². The number of ketones is 1. The number of benzene rings is 2. The van der Waals surface area contributed by atoms with Crippen molar-refractivity contribution in [3.05, 3.63) is 91.2 Å². The molecule has 0 amide bonds. The van der Waals surface area contributed by atoms with Gasteiger partial charge in [0.1, 0.15) is 6.17 Å². The molecule has 144 valence electrons. The van der Waals surface area contributed by atoms with Crippen LogP contribution in [-0.2, 0) is 4.79 Å². The van der Waals surface area contributed by atoms with Gasteiger partial charge in [0.2, 0.25) is 0 Å². The van der Waals surface area contributed by atoms with Crippen molar-refractivity contribution in [1.29, 1.82) is 0 Å². The summed E-state index contributed by atoms with van der Waals surface area (Å²) in [5.74, 6) is -0.122. The standard InChI is InChI=1S/C19H18N4O5/c1-11-17(12(2)24)18(13-3-7-15(8-4-13)22(25)26)21-19(20-11)14-5-9-16(10-6-14)23(27)28/h3-10,18-21H,1-2H3/t18-,19+/m1/s1.